The van der Waals surface area contributed by atoms with Gasteiger partial charge in [-0.25, -0.2) is 27.7 Å². The van der Waals surface area contributed by atoms with Crippen LogP contribution >= 0.6 is 11.3 Å². The number of nitrogens with one attached hydrogen (secondary N) is 1. The number of aliphatic hydroxyl groups is 1. The zero-order chi connectivity index (χ0) is 31.3. The zero-order valence-electron chi connectivity index (χ0n) is 24.2. The van der Waals surface area contributed by atoms with E-state index in [1.165, 1.54) is 28.4 Å². The quantitative estimate of drug-likeness (QED) is 0.362. The molecule has 0 amide bonds. The molecule has 4 atom stereocenters. The van der Waals surface area contributed by atoms with E-state index in [0.29, 0.717) is 28.4 Å². The lowest BCUT2D eigenvalue weighted by atomic mass is 9.92. The van der Waals surface area contributed by atoms with Crippen molar-refractivity contribution in [1.82, 2.24) is 20.1 Å². The number of carbonyl (C=O) groups is 2. The fourth-order valence-corrected chi connectivity index (χ4v) is 6.90. The summed E-state index contributed by atoms with van der Waals surface area (Å²) in [5, 5.41) is 25.2. The summed E-state index contributed by atoms with van der Waals surface area (Å²) >= 11 is 1.32. The number of aliphatic imine (C=N–C) groups is 1. The number of aliphatic carboxylic acids is 1. The van der Waals surface area contributed by atoms with Crippen LogP contribution in [0.25, 0.3) is 0 Å². The summed E-state index contributed by atoms with van der Waals surface area (Å²) in [6, 6.07) is 1.50. The number of benzene rings is 1. The number of amidine groups is 1. The van der Waals surface area contributed by atoms with E-state index < -0.39 is 60.5 Å². The molecule has 3 N–H and O–H groups in total. The third-order valence-electron chi connectivity index (χ3n) is 8.17. The van der Waals surface area contributed by atoms with Gasteiger partial charge in [-0.05, 0) is 51.3 Å². The molecule has 3 aliphatic rings. The van der Waals surface area contributed by atoms with Gasteiger partial charge in [0.1, 0.15) is 11.9 Å². The molecule has 232 valence electrons. The van der Waals surface area contributed by atoms with E-state index in [0.717, 1.165) is 12.6 Å². The van der Waals surface area contributed by atoms with E-state index in [1.807, 2.05) is 12.3 Å². The number of fused-ring (bicyclic) bond motifs is 1. The lowest BCUT2D eigenvalue weighted by molar-refractivity contribution is -0.160. The van der Waals surface area contributed by atoms with Crippen molar-refractivity contribution < 1.29 is 37.7 Å². The molecule has 0 radical (unpaired) electrons. The van der Waals surface area contributed by atoms with E-state index in [9.17, 15) is 24.2 Å². The Balaban J connectivity index is 1.56. The highest BCUT2D eigenvalue weighted by molar-refractivity contribution is 7.11. The molecule has 0 aliphatic carbocycles. The summed E-state index contributed by atoms with van der Waals surface area (Å²) in [5.74, 6) is -5.58. The largest absolute Gasteiger partial charge is 0.479 e. The zero-order valence-corrected chi connectivity index (χ0v) is 25.1. The van der Waals surface area contributed by atoms with Gasteiger partial charge in [0.05, 0.1) is 24.8 Å². The van der Waals surface area contributed by atoms with Gasteiger partial charge < -0.3 is 20.3 Å². The molecule has 5 rings (SSSR count). The molecule has 1 aromatic heterocycles. The van der Waals surface area contributed by atoms with Gasteiger partial charge in [-0.3, -0.25) is 14.8 Å². The second kappa shape index (κ2) is 11.6. The molecule has 0 spiro atoms. The van der Waals surface area contributed by atoms with Crippen LogP contribution in [0.15, 0.2) is 39.8 Å². The van der Waals surface area contributed by atoms with Crippen molar-refractivity contribution in [3.05, 3.63) is 62.5 Å². The maximum absolute atomic E-state index is 15.6. The third-order valence-corrected chi connectivity index (χ3v) is 9.13. The number of carbonyl (C=O) groups excluding carboxylic acids is 1. The van der Waals surface area contributed by atoms with Gasteiger partial charge in [0.2, 0.25) is 0 Å². The predicted octanol–water partition coefficient (Wildman–Crippen LogP) is 3.04. The SMILES string of the molecule is CCOC(=O)C1=C(CN2CC(F)(F)[C@H]3[C@@H]2CCN3C[C@@](C)(O)C(=O)O)NC(c2nc(C)cs2)=N[C@H]1c1cccc(F)c1C. The average Bonchev–Trinajstić information content (AvgIpc) is 3.61. The van der Waals surface area contributed by atoms with Gasteiger partial charge in [0.15, 0.2) is 16.4 Å². The fraction of sp³-hybridized carbons (Fsp3) is 0.517. The summed E-state index contributed by atoms with van der Waals surface area (Å²) in [4.78, 5) is 37.2. The van der Waals surface area contributed by atoms with E-state index >= 15 is 8.78 Å². The number of nitrogens with zero attached hydrogens (tertiary/aromatic N) is 4. The number of carboxylic acids is 1. The van der Waals surface area contributed by atoms with Gasteiger partial charge >= 0.3 is 11.9 Å². The van der Waals surface area contributed by atoms with Crippen LogP contribution in [-0.4, -0.2) is 99.2 Å². The highest BCUT2D eigenvalue weighted by Crippen LogP contribution is 2.43. The minimum Gasteiger partial charge on any atom is -0.479 e. The van der Waals surface area contributed by atoms with Gasteiger partial charge in [-0.1, -0.05) is 12.1 Å². The number of carboxylic acid groups (broad SMARTS) is 1. The minimum absolute atomic E-state index is 0.0532. The first-order valence-corrected chi connectivity index (χ1v) is 14.9. The molecule has 0 bridgehead atoms. The van der Waals surface area contributed by atoms with Gasteiger partial charge in [0, 0.05) is 42.4 Å². The second-order valence-electron chi connectivity index (χ2n) is 11.4. The van der Waals surface area contributed by atoms with Crippen LogP contribution in [0.4, 0.5) is 13.2 Å². The number of ether oxygens (including phenoxy) is 1. The van der Waals surface area contributed by atoms with Crippen molar-refractivity contribution in [2.24, 2.45) is 4.99 Å². The number of aromatic nitrogens is 1. The number of β-amino-alcohol motifs (C(OH)–C–C–N with tert-alkyl or cyclic N) is 1. The summed E-state index contributed by atoms with van der Waals surface area (Å²) in [5.41, 5.74) is -0.356. The van der Waals surface area contributed by atoms with Gasteiger partial charge in [-0.15, -0.1) is 11.3 Å². The lowest BCUT2D eigenvalue weighted by Gasteiger charge is -2.32. The molecule has 10 nitrogen and oxygen atoms in total. The number of esters is 1. The molecular formula is C29H34F3N5O5S. The maximum Gasteiger partial charge on any atom is 0.338 e. The smallest absolute Gasteiger partial charge is 0.338 e. The van der Waals surface area contributed by atoms with Crippen LogP contribution in [0.2, 0.25) is 0 Å². The Bertz CT molecular complexity index is 1490. The Morgan fingerprint density at radius 1 is 1.28 bits per heavy atom. The molecule has 0 unspecified atom stereocenters. The Labute approximate surface area is 250 Å². The normalized spacial score (nSPS) is 25.2. The van der Waals surface area contributed by atoms with Crippen LogP contribution in [-0.2, 0) is 14.3 Å². The summed E-state index contributed by atoms with van der Waals surface area (Å²) in [6.45, 7) is 5.14. The van der Waals surface area contributed by atoms with Crippen LogP contribution in [0.3, 0.4) is 0 Å². The van der Waals surface area contributed by atoms with E-state index in [-0.39, 0.29) is 31.0 Å². The van der Waals surface area contributed by atoms with Crippen LogP contribution in [0.5, 0.6) is 0 Å². The number of aryl methyl sites for hydroxylation is 1. The molecule has 2 saturated heterocycles. The molecule has 43 heavy (non-hydrogen) atoms. The number of alkyl halides is 2. The molecular weight excluding hydrogens is 587 g/mol. The molecule has 3 aliphatic heterocycles. The number of rotatable bonds is 9. The maximum atomic E-state index is 15.6. The minimum atomic E-state index is -3.23. The second-order valence-corrected chi connectivity index (χ2v) is 12.2. The third kappa shape index (κ3) is 5.93. The Hall–Kier alpha value is -3.33. The van der Waals surface area contributed by atoms with E-state index in [4.69, 9.17) is 9.73 Å². The number of hydrogen-bond acceptors (Lipinski definition) is 10. The Morgan fingerprint density at radius 2 is 2.02 bits per heavy atom. The first-order chi connectivity index (χ1) is 20.2. The van der Waals surface area contributed by atoms with Gasteiger partial charge in [0.25, 0.3) is 5.92 Å². The number of likely N-dealkylation sites (tertiary alicyclic amines) is 2. The summed E-state index contributed by atoms with van der Waals surface area (Å²) < 4.78 is 51.3. The standard InChI is InChI=1S/C29H34F3N5O5S/c1-5-42-26(38)21-19(11-37-14-29(31,32)23-20(37)9-10-36(23)13-28(4,41)27(39)40)34-24(25-33-15(2)12-43-25)35-22(21)17-7-6-8-18(30)16(17)3/h6-8,12,20,22-23,41H,5,9-11,13-14H2,1-4H3,(H,34,35)(H,39,40)/t20-,22-,23+,28+/m0/s1. The van der Waals surface area contributed by atoms with Crippen molar-refractivity contribution in [2.45, 2.75) is 63.8 Å². The lowest BCUT2D eigenvalue weighted by Crippen LogP contribution is -2.53. The Kier molecular flexibility index (Phi) is 8.42. The monoisotopic (exact) mass is 621 g/mol. The number of halogens is 3. The molecule has 1 aromatic carbocycles. The first-order valence-electron chi connectivity index (χ1n) is 14.0. The topological polar surface area (TPSA) is 128 Å². The molecule has 14 heteroatoms. The van der Waals surface area contributed by atoms with E-state index in [1.54, 1.807) is 24.8 Å². The van der Waals surface area contributed by atoms with Crippen molar-refractivity contribution in [2.75, 3.05) is 32.8 Å². The number of hydrogen-bond donors (Lipinski definition) is 3. The first kappa shape index (κ1) is 31.1. The predicted molar refractivity (Wildman–Crippen MR) is 153 cm³/mol. The van der Waals surface area contributed by atoms with Crippen molar-refractivity contribution in [3.63, 3.8) is 0 Å². The van der Waals surface area contributed by atoms with Crippen LogP contribution in [0, 0.1) is 19.7 Å². The molecule has 0 saturated carbocycles. The van der Waals surface area contributed by atoms with Crippen molar-refractivity contribution in [3.8, 4) is 0 Å². The summed E-state index contributed by atoms with van der Waals surface area (Å²) in [7, 11) is 0. The van der Waals surface area contributed by atoms with E-state index in [2.05, 4.69) is 10.3 Å². The number of thiazole rings is 1. The Morgan fingerprint density at radius 3 is 2.67 bits per heavy atom. The summed E-state index contributed by atoms with van der Waals surface area (Å²) in [6.07, 6.45) is 0.303. The van der Waals surface area contributed by atoms with Crippen molar-refractivity contribution in [1.29, 1.82) is 0 Å². The fourth-order valence-electron chi connectivity index (χ4n) is 6.15. The van der Waals surface area contributed by atoms with Gasteiger partial charge in [-0.2, -0.15) is 0 Å². The van der Waals surface area contributed by atoms with Crippen LogP contribution in [0.1, 0.15) is 48.1 Å². The highest BCUT2D eigenvalue weighted by atomic mass is 32.1. The molecule has 2 aromatic rings. The average molecular weight is 622 g/mol. The van der Waals surface area contributed by atoms with Crippen LogP contribution < -0.4 is 5.32 Å². The highest BCUT2D eigenvalue weighted by Gasteiger charge is 2.60. The van der Waals surface area contributed by atoms with Crippen molar-refractivity contribution >= 4 is 29.1 Å². The molecule has 4 heterocycles. The molecule has 2 fully saturated rings.